The Kier molecular flexibility index (Phi) is 6.80. The van der Waals surface area contributed by atoms with Crippen LogP contribution in [0.4, 0.5) is 11.6 Å². The molecule has 1 heterocycles. The number of nitrogens with zero attached hydrogens (tertiary/aromatic N) is 2. The van der Waals surface area contributed by atoms with Crippen LogP contribution < -0.4 is 20.7 Å². The van der Waals surface area contributed by atoms with Gasteiger partial charge in [-0.25, -0.2) is 4.98 Å². The van der Waals surface area contributed by atoms with Crippen molar-refractivity contribution in [1.82, 2.24) is 15.3 Å². The van der Waals surface area contributed by atoms with Crippen molar-refractivity contribution in [3.8, 4) is 11.6 Å². The van der Waals surface area contributed by atoms with E-state index in [4.69, 9.17) is 21.7 Å². The Balaban J connectivity index is 1.69. The predicted octanol–water partition coefficient (Wildman–Crippen LogP) is 3.95. The van der Waals surface area contributed by atoms with Gasteiger partial charge in [0.05, 0.1) is 11.9 Å². The van der Waals surface area contributed by atoms with E-state index in [1.807, 2.05) is 0 Å². The van der Waals surface area contributed by atoms with Crippen molar-refractivity contribution in [3.63, 3.8) is 0 Å². The largest absolute Gasteiger partial charge is 0.437 e. The van der Waals surface area contributed by atoms with Crippen molar-refractivity contribution in [2.24, 2.45) is 5.92 Å². The molecule has 1 fully saturated rings. The maximum Gasteiger partial charge on any atom is 0.247 e. The van der Waals surface area contributed by atoms with Gasteiger partial charge in [0.1, 0.15) is 10.8 Å². The number of hydrogen-bond acceptors (Lipinski definition) is 7. The van der Waals surface area contributed by atoms with Gasteiger partial charge in [0, 0.05) is 30.7 Å². The monoisotopic (exact) mass is 412 g/mol. The molecule has 1 aromatic heterocycles. The molecular formula is C20H21ClN6O2. The summed E-state index contributed by atoms with van der Waals surface area (Å²) in [4.78, 5) is 19.8. The molecule has 0 radical (unpaired) electrons. The fourth-order valence-corrected chi connectivity index (χ4v) is 2.46. The first-order valence-electron chi connectivity index (χ1n) is 9.02. The quantitative estimate of drug-likeness (QED) is 0.347. The van der Waals surface area contributed by atoms with Crippen molar-refractivity contribution in [1.29, 1.82) is 5.41 Å². The second-order valence-electron chi connectivity index (χ2n) is 6.39. The van der Waals surface area contributed by atoms with Crippen LogP contribution in [0.25, 0.3) is 0 Å². The number of aromatic nitrogens is 2. The maximum atomic E-state index is 11.4. The number of amides is 1. The lowest BCUT2D eigenvalue weighted by Gasteiger charge is -2.11. The summed E-state index contributed by atoms with van der Waals surface area (Å²) < 4.78 is 5.75. The molecule has 2 aromatic rings. The fraction of sp³-hybridized carbons (Fsp3) is 0.200. The molecule has 8 nitrogen and oxygen atoms in total. The lowest BCUT2D eigenvalue weighted by molar-refractivity contribution is -0.111. The first-order valence-corrected chi connectivity index (χ1v) is 9.40. The topological polar surface area (TPSA) is 112 Å². The number of carbonyl (C=O) groups is 1. The molecule has 1 aliphatic carbocycles. The molecule has 0 aliphatic heterocycles. The van der Waals surface area contributed by atoms with E-state index in [0.29, 0.717) is 17.1 Å². The van der Waals surface area contributed by atoms with Crippen LogP contribution in [0.2, 0.25) is 5.02 Å². The van der Waals surface area contributed by atoms with E-state index in [9.17, 15) is 4.79 Å². The van der Waals surface area contributed by atoms with Gasteiger partial charge in [-0.2, -0.15) is 4.98 Å². The first kappa shape index (κ1) is 20.3. The van der Waals surface area contributed by atoms with E-state index in [1.54, 1.807) is 30.5 Å². The summed E-state index contributed by atoms with van der Waals surface area (Å²) in [6, 6.07) is 6.79. The smallest absolute Gasteiger partial charge is 0.247 e. The lowest BCUT2D eigenvalue weighted by atomic mass is 10.3. The summed E-state index contributed by atoms with van der Waals surface area (Å²) in [6.07, 6.45) is 7.97. The van der Waals surface area contributed by atoms with E-state index in [0.717, 1.165) is 12.5 Å². The Hall–Kier alpha value is -3.39. The van der Waals surface area contributed by atoms with Crippen LogP contribution in [0.15, 0.2) is 55.0 Å². The molecule has 29 heavy (non-hydrogen) atoms. The normalized spacial score (nSPS) is 13.3. The molecule has 0 saturated heterocycles. The summed E-state index contributed by atoms with van der Waals surface area (Å²) in [6.45, 7) is 4.30. The molecule has 1 amide bonds. The summed E-state index contributed by atoms with van der Waals surface area (Å²) in [5, 5.41) is 16.5. The van der Waals surface area contributed by atoms with Crippen LogP contribution in [0.5, 0.6) is 11.6 Å². The zero-order valence-corrected chi connectivity index (χ0v) is 16.4. The van der Waals surface area contributed by atoms with Gasteiger partial charge in [0.15, 0.2) is 0 Å². The van der Waals surface area contributed by atoms with E-state index < -0.39 is 0 Å². The van der Waals surface area contributed by atoms with Crippen LogP contribution in [-0.2, 0) is 4.79 Å². The molecule has 150 valence electrons. The maximum absolute atomic E-state index is 11.4. The van der Waals surface area contributed by atoms with Gasteiger partial charge in [-0.15, -0.1) is 0 Å². The minimum atomic E-state index is -0.324. The number of benzene rings is 1. The molecule has 4 N–H and O–H groups in total. The number of ether oxygens (including phenoxy) is 1. The first-order chi connectivity index (χ1) is 14.1. The van der Waals surface area contributed by atoms with Crippen molar-refractivity contribution in [2.45, 2.75) is 12.8 Å². The number of hydrogen-bond donors (Lipinski definition) is 4. The van der Waals surface area contributed by atoms with Gasteiger partial charge in [-0.1, -0.05) is 24.2 Å². The molecule has 0 unspecified atom stereocenters. The van der Waals surface area contributed by atoms with Crippen molar-refractivity contribution >= 4 is 35.4 Å². The summed E-state index contributed by atoms with van der Waals surface area (Å²) in [5.41, 5.74) is 1.06. The minimum absolute atomic E-state index is 0.145. The van der Waals surface area contributed by atoms with Crippen molar-refractivity contribution in [2.75, 3.05) is 17.2 Å². The molecule has 0 bridgehead atoms. The summed E-state index contributed by atoms with van der Waals surface area (Å²) >= 11 is 6.16. The molecule has 1 aliphatic rings. The zero-order valence-electron chi connectivity index (χ0n) is 15.6. The highest BCUT2D eigenvalue weighted by Gasteiger charge is 2.19. The Morgan fingerprint density at radius 1 is 1.38 bits per heavy atom. The van der Waals surface area contributed by atoms with Crippen LogP contribution in [0, 0.1) is 11.3 Å². The van der Waals surface area contributed by atoms with Gasteiger partial charge in [0.2, 0.25) is 17.7 Å². The second kappa shape index (κ2) is 9.70. The minimum Gasteiger partial charge on any atom is -0.437 e. The van der Waals surface area contributed by atoms with Gasteiger partial charge < -0.3 is 26.1 Å². The molecule has 0 spiro atoms. The van der Waals surface area contributed by atoms with Gasteiger partial charge in [-0.3, -0.25) is 4.79 Å². The number of carbonyl (C=O) groups excluding carboxylic acids is 1. The van der Waals surface area contributed by atoms with Gasteiger partial charge in [0.25, 0.3) is 0 Å². The standard InChI is InChI=1S/C20H21ClN6O2/c1-2-18(28)25-14-4-3-5-16(8-14)29-19-17(21)12-24-20(27-19)26-15(9-22)11-23-10-13-6-7-13/h2-5,8-9,11-13,22-23H,1,6-7,10H2,(H,25,28)(H,24,26,27)/b15-11+,22-9?. The van der Waals surface area contributed by atoms with Crippen LogP contribution in [-0.4, -0.2) is 28.6 Å². The van der Waals surface area contributed by atoms with E-state index in [-0.39, 0.29) is 22.8 Å². The molecule has 1 saturated carbocycles. The molecular weight excluding hydrogens is 392 g/mol. The average Bonchev–Trinajstić information content (AvgIpc) is 3.54. The third-order valence-electron chi connectivity index (χ3n) is 3.99. The van der Waals surface area contributed by atoms with Gasteiger partial charge in [-0.05, 0) is 37.0 Å². The third-order valence-corrected chi connectivity index (χ3v) is 4.25. The van der Waals surface area contributed by atoms with Crippen molar-refractivity contribution in [3.05, 3.63) is 60.0 Å². The highest BCUT2D eigenvalue weighted by atomic mass is 35.5. The average molecular weight is 413 g/mol. The Morgan fingerprint density at radius 3 is 2.93 bits per heavy atom. The fourth-order valence-electron chi connectivity index (χ4n) is 2.33. The zero-order chi connectivity index (χ0) is 20.6. The molecule has 0 atom stereocenters. The highest BCUT2D eigenvalue weighted by Crippen LogP contribution is 2.29. The Morgan fingerprint density at radius 2 is 2.21 bits per heavy atom. The molecule has 1 aromatic carbocycles. The SMILES string of the molecule is C=CC(=O)Nc1cccc(Oc2nc(N/C(C=N)=C/NCC3CC3)ncc2Cl)c1. The predicted molar refractivity (Wildman–Crippen MR) is 114 cm³/mol. The van der Waals surface area contributed by atoms with E-state index in [1.165, 1.54) is 31.3 Å². The van der Waals surface area contributed by atoms with Crippen molar-refractivity contribution < 1.29 is 9.53 Å². The van der Waals surface area contributed by atoms with E-state index in [2.05, 4.69) is 32.5 Å². The Bertz CT molecular complexity index is 942. The van der Waals surface area contributed by atoms with Gasteiger partial charge >= 0.3 is 0 Å². The van der Waals surface area contributed by atoms with E-state index >= 15 is 0 Å². The number of allylic oxidation sites excluding steroid dienone is 1. The van der Waals surface area contributed by atoms with Crippen LogP contribution in [0.3, 0.4) is 0 Å². The number of halogens is 1. The summed E-state index contributed by atoms with van der Waals surface area (Å²) in [5.74, 6) is 1.22. The highest BCUT2D eigenvalue weighted by molar-refractivity contribution is 6.31. The third kappa shape index (κ3) is 6.32. The number of rotatable bonds is 10. The number of nitrogens with one attached hydrogen (secondary N) is 4. The molecule has 9 heteroatoms. The Labute approximate surface area is 173 Å². The lowest BCUT2D eigenvalue weighted by Crippen LogP contribution is -2.14. The van der Waals surface area contributed by atoms with Crippen LogP contribution >= 0.6 is 11.6 Å². The second-order valence-corrected chi connectivity index (χ2v) is 6.80. The van der Waals surface area contributed by atoms with Crippen LogP contribution in [0.1, 0.15) is 12.8 Å². The number of anilines is 2. The summed E-state index contributed by atoms with van der Waals surface area (Å²) in [7, 11) is 0. The molecule has 3 rings (SSSR count).